The van der Waals surface area contributed by atoms with E-state index >= 15 is 0 Å². The van der Waals surface area contributed by atoms with Crippen LogP contribution in [-0.2, 0) is 9.59 Å². The van der Waals surface area contributed by atoms with Gasteiger partial charge in [0, 0.05) is 5.56 Å². The molecule has 2 heterocycles. The van der Waals surface area contributed by atoms with Crippen LogP contribution in [0.5, 0.6) is 5.75 Å². The quantitative estimate of drug-likeness (QED) is 0.194. The molecule has 3 aromatic carbocycles. The summed E-state index contributed by atoms with van der Waals surface area (Å²) in [6, 6.07) is 17.1. The number of ketones is 1. The number of aryl methyl sites for hydroxylation is 1. The van der Waals surface area contributed by atoms with Gasteiger partial charge in [0.05, 0.1) is 28.4 Å². The highest BCUT2D eigenvalue weighted by Gasteiger charge is 2.48. The van der Waals surface area contributed by atoms with Crippen LogP contribution in [0.3, 0.4) is 0 Å². The normalized spacial score (nSPS) is 17.2. The number of aromatic nitrogens is 1. The molecule has 8 heteroatoms. The van der Waals surface area contributed by atoms with Crippen molar-refractivity contribution in [1.29, 1.82) is 0 Å². The Morgan fingerprint density at radius 3 is 2.50 bits per heavy atom. The van der Waals surface area contributed by atoms with E-state index in [2.05, 4.69) is 4.98 Å². The minimum atomic E-state index is -0.920. The SMILES string of the molecule is CCCOc1ccc(C2C(=C(O)c3ccc(F)cc3)C(=O)C(=O)N2c2nc3ccc(C)cc3s2)cc1. The Bertz CT molecular complexity index is 1490. The predicted octanol–water partition coefficient (Wildman–Crippen LogP) is 6.16. The Morgan fingerprint density at radius 2 is 1.81 bits per heavy atom. The van der Waals surface area contributed by atoms with Crippen LogP contribution >= 0.6 is 11.3 Å². The van der Waals surface area contributed by atoms with Gasteiger partial charge < -0.3 is 9.84 Å². The molecule has 0 aliphatic carbocycles. The first-order valence-electron chi connectivity index (χ1n) is 11.5. The summed E-state index contributed by atoms with van der Waals surface area (Å²) >= 11 is 1.30. The van der Waals surface area contributed by atoms with Crippen LogP contribution in [0.2, 0.25) is 0 Å². The fourth-order valence-corrected chi connectivity index (χ4v) is 5.29. The van der Waals surface area contributed by atoms with Gasteiger partial charge in [-0.15, -0.1) is 0 Å². The van der Waals surface area contributed by atoms with Crippen LogP contribution < -0.4 is 9.64 Å². The number of anilines is 1. The average molecular weight is 503 g/mol. The highest BCUT2D eigenvalue weighted by Crippen LogP contribution is 2.44. The van der Waals surface area contributed by atoms with E-state index < -0.39 is 23.5 Å². The highest BCUT2D eigenvalue weighted by atomic mass is 32.1. The highest BCUT2D eigenvalue weighted by molar-refractivity contribution is 7.22. The molecule has 0 radical (unpaired) electrons. The van der Waals surface area contributed by atoms with E-state index in [0.717, 1.165) is 16.7 Å². The third-order valence-corrected chi connectivity index (χ3v) is 6.99. The standard InChI is InChI=1S/C28H23FN2O4S/c1-3-14-35-20-11-7-17(8-12-20)24-23(25(32)18-5-9-19(29)10-6-18)26(33)27(34)31(24)28-30-21-13-4-16(2)15-22(21)36-28/h4-13,15,24,32H,3,14H2,1-2H3. The maximum Gasteiger partial charge on any atom is 0.301 e. The fourth-order valence-electron chi connectivity index (χ4n) is 4.20. The first-order valence-corrected chi connectivity index (χ1v) is 12.4. The second kappa shape index (κ2) is 9.54. The zero-order valence-electron chi connectivity index (χ0n) is 19.7. The Morgan fingerprint density at radius 1 is 1.08 bits per heavy atom. The Labute approximate surface area is 211 Å². The predicted molar refractivity (Wildman–Crippen MR) is 138 cm³/mol. The number of ether oxygens (including phenoxy) is 1. The van der Waals surface area contributed by atoms with Crippen LogP contribution in [0.25, 0.3) is 16.0 Å². The summed E-state index contributed by atoms with van der Waals surface area (Å²) in [4.78, 5) is 32.6. The summed E-state index contributed by atoms with van der Waals surface area (Å²) in [5.41, 5.74) is 2.53. The lowest BCUT2D eigenvalue weighted by Crippen LogP contribution is -2.29. The molecule has 36 heavy (non-hydrogen) atoms. The second-order valence-electron chi connectivity index (χ2n) is 8.56. The maximum absolute atomic E-state index is 13.5. The molecule has 1 saturated heterocycles. The van der Waals surface area contributed by atoms with Gasteiger partial charge in [-0.05, 0) is 73.0 Å². The van der Waals surface area contributed by atoms with E-state index in [1.54, 1.807) is 24.3 Å². The number of carbonyl (C=O) groups excluding carboxylic acids is 2. The molecule has 1 aliphatic rings. The Balaban J connectivity index is 1.67. The molecule has 5 rings (SSSR count). The number of aliphatic hydroxyl groups is 1. The smallest absolute Gasteiger partial charge is 0.301 e. The first-order chi connectivity index (χ1) is 17.4. The molecule has 0 bridgehead atoms. The number of aliphatic hydroxyl groups excluding tert-OH is 1. The van der Waals surface area contributed by atoms with Crippen LogP contribution in [-0.4, -0.2) is 28.4 Å². The number of thiazole rings is 1. The summed E-state index contributed by atoms with van der Waals surface area (Å²) in [6.45, 7) is 4.54. The van der Waals surface area contributed by atoms with Gasteiger partial charge in [-0.1, -0.05) is 36.5 Å². The van der Waals surface area contributed by atoms with Gasteiger partial charge in [-0.2, -0.15) is 0 Å². The maximum atomic E-state index is 13.5. The number of rotatable bonds is 6. The van der Waals surface area contributed by atoms with Crippen LogP contribution in [0.1, 0.15) is 36.1 Å². The minimum absolute atomic E-state index is 0.0794. The molecule has 0 saturated carbocycles. The number of fused-ring (bicyclic) bond motifs is 1. The van der Waals surface area contributed by atoms with Crippen molar-refractivity contribution in [2.75, 3.05) is 11.5 Å². The van der Waals surface area contributed by atoms with Crippen molar-refractivity contribution in [3.8, 4) is 5.75 Å². The van der Waals surface area contributed by atoms with Crippen molar-refractivity contribution in [3.05, 3.63) is 94.8 Å². The van der Waals surface area contributed by atoms with Gasteiger partial charge in [0.15, 0.2) is 5.13 Å². The summed E-state index contributed by atoms with van der Waals surface area (Å²) in [7, 11) is 0. The summed E-state index contributed by atoms with van der Waals surface area (Å²) < 4.78 is 20.1. The molecular formula is C28H23FN2O4S. The summed E-state index contributed by atoms with van der Waals surface area (Å²) in [5, 5.41) is 11.5. The molecule has 0 spiro atoms. The molecule has 182 valence electrons. The van der Waals surface area contributed by atoms with E-state index in [4.69, 9.17) is 4.74 Å². The van der Waals surface area contributed by atoms with Gasteiger partial charge >= 0.3 is 5.91 Å². The van der Waals surface area contributed by atoms with Gasteiger partial charge in [0.25, 0.3) is 5.78 Å². The Kier molecular flexibility index (Phi) is 6.28. The van der Waals surface area contributed by atoms with Crippen molar-refractivity contribution < 1.29 is 23.8 Å². The molecular weight excluding hydrogens is 479 g/mol. The van der Waals surface area contributed by atoms with Gasteiger partial charge in [0.2, 0.25) is 0 Å². The van der Waals surface area contributed by atoms with Crippen molar-refractivity contribution in [3.63, 3.8) is 0 Å². The zero-order chi connectivity index (χ0) is 25.4. The number of amides is 1. The summed E-state index contributed by atoms with van der Waals surface area (Å²) in [6.07, 6.45) is 0.858. The molecule has 1 atom stereocenters. The molecule has 1 amide bonds. The van der Waals surface area contributed by atoms with Crippen LogP contribution in [0, 0.1) is 12.7 Å². The van der Waals surface area contributed by atoms with Gasteiger partial charge in [-0.3, -0.25) is 14.5 Å². The minimum Gasteiger partial charge on any atom is -0.507 e. The molecule has 1 N–H and O–H groups in total. The third kappa shape index (κ3) is 4.24. The first kappa shape index (κ1) is 23.7. The fraction of sp³-hybridized carbons (Fsp3) is 0.179. The molecule has 1 aromatic heterocycles. The zero-order valence-corrected chi connectivity index (χ0v) is 20.5. The van der Waals surface area contributed by atoms with Crippen molar-refractivity contribution in [2.45, 2.75) is 26.3 Å². The average Bonchev–Trinajstić information content (AvgIpc) is 3.40. The van der Waals surface area contributed by atoms with Crippen molar-refractivity contribution >= 4 is 44.1 Å². The third-order valence-electron chi connectivity index (χ3n) is 5.97. The van der Waals surface area contributed by atoms with E-state index in [1.165, 1.54) is 40.5 Å². The van der Waals surface area contributed by atoms with E-state index in [0.29, 0.717) is 28.6 Å². The van der Waals surface area contributed by atoms with Crippen molar-refractivity contribution in [2.24, 2.45) is 0 Å². The lowest BCUT2D eigenvalue weighted by molar-refractivity contribution is -0.132. The van der Waals surface area contributed by atoms with E-state index in [1.807, 2.05) is 32.0 Å². The van der Waals surface area contributed by atoms with E-state index in [9.17, 15) is 19.1 Å². The Hall–Kier alpha value is -4.04. The largest absolute Gasteiger partial charge is 0.507 e. The summed E-state index contributed by atoms with van der Waals surface area (Å²) in [5.74, 6) is -1.80. The monoisotopic (exact) mass is 502 g/mol. The number of Topliss-reactive ketones (excluding diaryl/α,β-unsaturated/α-hetero) is 1. The molecule has 6 nitrogen and oxygen atoms in total. The van der Waals surface area contributed by atoms with Gasteiger partial charge in [0.1, 0.15) is 17.3 Å². The van der Waals surface area contributed by atoms with Crippen LogP contribution in [0.15, 0.2) is 72.3 Å². The lowest BCUT2D eigenvalue weighted by Gasteiger charge is -2.23. The number of hydrogen-bond donors (Lipinski definition) is 1. The number of halogens is 1. The molecule has 1 aliphatic heterocycles. The van der Waals surface area contributed by atoms with E-state index in [-0.39, 0.29) is 16.9 Å². The molecule has 4 aromatic rings. The molecule has 1 unspecified atom stereocenters. The topological polar surface area (TPSA) is 79.7 Å². The lowest BCUT2D eigenvalue weighted by atomic mass is 9.95. The van der Waals surface area contributed by atoms with Gasteiger partial charge in [-0.25, -0.2) is 9.37 Å². The number of hydrogen-bond acceptors (Lipinski definition) is 6. The number of benzene rings is 3. The second-order valence-corrected chi connectivity index (χ2v) is 9.57. The number of carbonyl (C=O) groups is 2. The molecule has 1 fully saturated rings. The van der Waals surface area contributed by atoms with Crippen LogP contribution in [0.4, 0.5) is 9.52 Å². The number of nitrogens with zero attached hydrogens (tertiary/aromatic N) is 2. The van der Waals surface area contributed by atoms with Crippen molar-refractivity contribution in [1.82, 2.24) is 4.98 Å².